The molecule has 1 fully saturated rings. The summed E-state index contributed by atoms with van der Waals surface area (Å²) in [5.74, 6) is 0.357. The van der Waals surface area contributed by atoms with Crippen LogP contribution < -0.4 is 0 Å². The van der Waals surface area contributed by atoms with E-state index in [1.165, 1.54) is 0 Å². The van der Waals surface area contributed by atoms with Gasteiger partial charge in [0.2, 0.25) is 0 Å². The molecule has 0 saturated carbocycles. The van der Waals surface area contributed by atoms with Gasteiger partial charge >= 0.3 is 0 Å². The van der Waals surface area contributed by atoms with Crippen molar-refractivity contribution >= 4 is 17.2 Å². The zero-order chi connectivity index (χ0) is 10.6. The van der Waals surface area contributed by atoms with Gasteiger partial charge in [-0.05, 0) is 33.6 Å². The van der Waals surface area contributed by atoms with Crippen LogP contribution in [0.5, 0.6) is 0 Å². The molecule has 1 heterocycles. The fraction of sp³-hybridized carbons (Fsp3) is 0.900. The van der Waals surface area contributed by atoms with Crippen LogP contribution in [0.4, 0.5) is 0 Å². The number of nitrogens with zero attached hydrogens (tertiary/aromatic N) is 1. The van der Waals surface area contributed by atoms with E-state index in [0.29, 0.717) is 5.92 Å². The molecule has 0 N–H and O–H groups in total. The van der Waals surface area contributed by atoms with Crippen molar-refractivity contribution in [2.75, 3.05) is 13.2 Å². The van der Waals surface area contributed by atoms with Gasteiger partial charge in [0, 0.05) is 18.7 Å². The molecule has 0 aromatic heterocycles. The highest BCUT2D eigenvalue weighted by Crippen LogP contribution is 2.15. The van der Waals surface area contributed by atoms with Crippen molar-refractivity contribution in [2.45, 2.75) is 38.4 Å². The molecule has 0 aromatic rings. The summed E-state index contributed by atoms with van der Waals surface area (Å²) in [7, 11) is -1.13. The van der Waals surface area contributed by atoms with Crippen LogP contribution >= 0.6 is 0 Å². The van der Waals surface area contributed by atoms with Gasteiger partial charge < -0.3 is 4.74 Å². The van der Waals surface area contributed by atoms with Gasteiger partial charge in [-0.2, -0.15) is 4.40 Å². The SMILES string of the molecule is CC(C)(C)S(=O)N=C[C@H]1CCCOC1. The van der Waals surface area contributed by atoms with E-state index in [-0.39, 0.29) is 4.75 Å². The highest BCUT2D eigenvalue weighted by Gasteiger charge is 2.19. The maximum Gasteiger partial charge on any atom is 0.144 e. The van der Waals surface area contributed by atoms with Gasteiger partial charge in [-0.1, -0.05) is 0 Å². The van der Waals surface area contributed by atoms with Crippen molar-refractivity contribution in [3.63, 3.8) is 0 Å². The lowest BCUT2D eigenvalue weighted by Crippen LogP contribution is -2.22. The summed E-state index contributed by atoms with van der Waals surface area (Å²) in [6.45, 7) is 7.37. The second kappa shape index (κ2) is 5.03. The number of rotatable bonds is 2. The molecule has 3 nitrogen and oxygen atoms in total. The maximum atomic E-state index is 11.6. The molecule has 0 amide bonds. The van der Waals surface area contributed by atoms with Crippen LogP contribution in [0.15, 0.2) is 4.40 Å². The Morgan fingerprint density at radius 2 is 2.21 bits per heavy atom. The van der Waals surface area contributed by atoms with Gasteiger partial charge in [0.05, 0.1) is 11.4 Å². The molecule has 1 aliphatic rings. The molecule has 1 rings (SSSR count). The zero-order valence-corrected chi connectivity index (χ0v) is 9.97. The molecule has 1 unspecified atom stereocenters. The average Bonchev–Trinajstić information content (AvgIpc) is 2.14. The molecular formula is C10H19NO2S. The summed E-state index contributed by atoms with van der Waals surface area (Å²) in [5.41, 5.74) is 0. The third-order valence-electron chi connectivity index (χ3n) is 2.09. The van der Waals surface area contributed by atoms with Crippen LogP contribution in [0.2, 0.25) is 0 Å². The Hall–Kier alpha value is -0.220. The van der Waals surface area contributed by atoms with Crippen LogP contribution in [0, 0.1) is 5.92 Å². The molecule has 14 heavy (non-hydrogen) atoms. The standard InChI is InChI=1S/C10H19NO2S/c1-10(2,3)14(12)11-7-9-5-4-6-13-8-9/h7,9H,4-6,8H2,1-3H3/t9-,14?/m1/s1. The summed E-state index contributed by atoms with van der Waals surface area (Å²) in [6, 6.07) is 0. The van der Waals surface area contributed by atoms with Gasteiger partial charge in [-0.25, -0.2) is 4.21 Å². The van der Waals surface area contributed by atoms with Gasteiger partial charge in [0.25, 0.3) is 0 Å². The molecule has 0 aromatic carbocycles. The molecule has 4 heteroatoms. The Balaban J connectivity index is 2.42. The Morgan fingerprint density at radius 3 is 2.71 bits per heavy atom. The van der Waals surface area contributed by atoms with Crippen molar-refractivity contribution in [3.05, 3.63) is 0 Å². The average molecular weight is 217 g/mol. The van der Waals surface area contributed by atoms with Crippen molar-refractivity contribution in [1.82, 2.24) is 0 Å². The smallest absolute Gasteiger partial charge is 0.144 e. The molecule has 0 aliphatic carbocycles. The largest absolute Gasteiger partial charge is 0.381 e. The molecule has 0 spiro atoms. The first kappa shape index (κ1) is 11.9. The van der Waals surface area contributed by atoms with Crippen molar-refractivity contribution in [3.8, 4) is 0 Å². The Kier molecular flexibility index (Phi) is 4.26. The lowest BCUT2D eigenvalue weighted by Gasteiger charge is -2.19. The Labute approximate surface area is 88.5 Å². The van der Waals surface area contributed by atoms with Crippen LogP contribution in [-0.2, 0) is 15.7 Å². The normalized spacial score (nSPS) is 26.6. The Morgan fingerprint density at radius 1 is 1.50 bits per heavy atom. The van der Waals surface area contributed by atoms with Crippen LogP contribution in [0.25, 0.3) is 0 Å². The van der Waals surface area contributed by atoms with E-state index in [4.69, 9.17) is 4.74 Å². The summed E-state index contributed by atoms with van der Waals surface area (Å²) in [5, 5.41) is 0. The topological polar surface area (TPSA) is 38.7 Å². The monoisotopic (exact) mass is 217 g/mol. The van der Waals surface area contributed by atoms with E-state index >= 15 is 0 Å². The first-order chi connectivity index (χ1) is 6.50. The van der Waals surface area contributed by atoms with Crippen LogP contribution in [-0.4, -0.2) is 28.4 Å². The van der Waals surface area contributed by atoms with Gasteiger partial charge in [0.1, 0.15) is 11.0 Å². The summed E-state index contributed by atoms with van der Waals surface area (Å²) in [6.07, 6.45) is 3.99. The highest BCUT2D eigenvalue weighted by atomic mass is 32.2. The van der Waals surface area contributed by atoms with Crippen molar-refractivity contribution in [1.29, 1.82) is 0 Å². The minimum atomic E-state index is -1.13. The fourth-order valence-corrected chi connectivity index (χ4v) is 1.78. The van der Waals surface area contributed by atoms with Gasteiger partial charge in [-0.15, -0.1) is 0 Å². The molecule has 0 bridgehead atoms. The highest BCUT2D eigenvalue weighted by molar-refractivity contribution is 7.85. The summed E-state index contributed by atoms with van der Waals surface area (Å²) < 4.78 is 20.7. The molecule has 82 valence electrons. The summed E-state index contributed by atoms with van der Waals surface area (Å²) in [4.78, 5) is 0. The fourth-order valence-electron chi connectivity index (χ4n) is 1.18. The second-order valence-corrected chi connectivity index (χ2v) is 6.53. The van der Waals surface area contributed by atoms with Crippen molar-refractivity contribution in [2.24, 2.45) is 10.3 Å². The van der Waals surface area contributed by atoms with Gasteiger partial charge in [-0.3, -0.25) is 0 Å². The van der Waals surface area contributed by atoms with Crippen molar-refractivity contribution < 1.29 is 8.95 Å². The predicted molar refractivity (Wildman–Crippen MR) is 59.9 cm³/mol. The number of hydrogen-bond acceptors (Lipinski definition) is 2. The quantitative estimate of drug-likeness (QED) is 0.663. The predicted octanol–water partition coefficient (Wildman–Crippen LogP) is 1.95. The van der Waals surface area contributed by atoms with E-state index in [2.05, 4.69) is 4.40 Å². The van der Waals surface area contributed by atoms with Crippen LogP contribution in [0.1, 0.15) is 33.6 Å². The second-order valence-electron chi connectivity index (χ2n) is 4.59. The first-order valence-corrected chi connectivity index (χ1v) is 6.15. The number of hydrogen-bond donors (Lipinski definition) is 0. The molecule has 1 aliphatic heterocycles. The zero-order valence-electron chi connectivity index (χ0n) is 9.16. The molecule has 0 radical (unpaired) electrons. The minimum Gasteiger partial charge on any atom is -0.381 e. The molecular weight excluding hydrogens is 198 g/mol. The molecule has 2 atom stereocenters. The van der Waals surface area contributed by atoms with Gasteiger partial charge in [0.15, 0.2) is 0 Å². The molecule has 1 saturated heterocycles. The minimum absolute atomic E-state index is 0.258. The maximum absolute atomic E-state index is 11.6. The lowest BCUT2D eigenvalue weighted by atomic mass is 10.0. The van der Waals surface area contributed by atoms with E-state index < -0.39 is 11.0 Å². The van der Waals surface area contributed by atoms with E-state index in [0.717, 1.165) is 26.1 Å². The lowest BCUT2D eigenvalue weighted by molar-refractivity contribution is 0.0784. The van der Waals surface area contributed by atoms with E-state index in [1.54, 1.807) is 6.21 Å². The van der Waals surface area contributed by atoms with E-state index in [9.17, 15) is 4.21 Å². The Bertz CT molecular complexity index is 227. The third kappa shape index (κ3) is 3.88. The number of ether oxygens (including phenoxy) is 1. The first-order valence-electron chi connectivity index (χ1n) is 5.04. The summed E-state index contributed by atoms with van der Waals surface area (Å²) >= 11 is 0. The third-order valence-corrected chi connectivity index (χ3v) is 3.45. The van der Waals surface area contributed by atoms with E-state index in [1.807, 2.05) is 20.8 Å². The van der Waals surface area contributed by atoms with Crippen LogP contribution in [0.3, 0.4) is 0 Å².